The number of benzene rings is 3. The maximum absolute atomic E-state index is 12.3. The van der Waals surface area contributed by atoms with Gasteiger partial charge in [0.2, 0.25) is 0 Å². The molecule has 3 rings (SSSR count). The second kappa shape index (κ2) is 8.05. The lowest BCUT2D eigenvalue weighted by molar-refractivity contribution is 0.0977. The van der Waals surface area contributed by atoms with E-state index in [1.807, 2.05) is 66.7 Å². The molecule has 0 saturated carbocycles. The number of hydrogen-bond donors (Lipinski definition) is 2. The molecule has 0 aliphatic heterocycles. The summed E-state index contributed by atoms with van der Waals surface area (Å²) < 4.78 is 0.918. The molecule has 0 aliphatic carbocycles. The number of thiocarbonyl (C=S) groups is 1. The highest BCUT2D eigenvalue weighted by Gasteiger charge is 2.10. The molecule has 0 aliphatic rings. The molecule has 0 atom stereocenters. The Labute approximate surface area is 160 Å². The summed E-state index contributed by atoms with van der Waals surface area (Å²) >= 11 is 8.65. The molecule has 0 fully saturated rings. The molecular weight excluding hydrogens is 396 g/mol. The van der Waals surface area contributed by atoms with Crippen molar-refractivity contribution in [2.45, 2.75) is 0 Å². The van der Waals surface area contributed by atoms with Crippen molar-refractivity contribution < 1.29 is 4.79 Å². The molecule has 3 nitrogen and oxygen atoms in total. The van der Waals surface area contributed by atoms with Crippen LogP contribution < -0.4 is 10.6 Å². The molecule has 0 bridgehead atoms. The van der Waals surface area contributed by atoms with E-state index in [4.69, 9.17) is 12.2 Å². The monoisotopic (exact) mass is 410 g/mol. The summed E-state index contributed by atoms with van der Waals surface area (Å²) in [4.78, 5) is 12.3. The average molecular weight is 411 g/mol. The van der Waals surface area contributed by atoms with Crippen LogP contribution in [0.2, 0.25) is 0 Å². The van der Waals surface area contributed by atoms with Gasteiger partial charge in [0.25, 0.3) is 5.91 Å². The van der Waals surface area contributed by atoms with Crippen LogP contribution in [-0.2, 0) is 0 Å². The third-order valence-corrected chi connectivity index (χ3v) is 4.33. The van der Waals surface area contributed by atoms with Crippen molar-refractivity contribution in [3.8, 4) is 11.1 Å². The topological polar surface area (TPSA) is 41.1 Å². The fourth-order valence-electron chi connectivity index (χ4n) is 2.39. The Balaban J connectivity index is 1.73. The third kappa shape index (κ3) is 4.53. The second-order valence-electron chi connectivity index (χ2n) is 5.33. The minimum Gasteiger partial charge on any atom is -0.332 e. The van der Waals surface area contributed by atoms with Crippen LogP contribution in [0.4, 0.5) is 5.69 Å². The van der Waals surface area contributed by atoms with Gasteiger partial charge in [-0.15, -0.1) is 0 Å². The Morgan fingerprint density at radius 3 is 2.20 bits per heavy atom. The van der Waals surface area contributed by atoms with Crippen LogP contribution in [0.15, 0.2) is 83.3 Å². The van der Waals surface area contributed by atoms with Crippen LogP contribution in [0.25, 0.3) is 11.1 Å². The maximum atomic E-state index is 12.3. The van der Waals surface area contributed by atoms with E-state index in [1.54, 1.807) is 12.1 Å². The Bertz CT molecular complexity index is 895. The number of halogens is 1. The van der Waals surface area contributed by atoms with Crippen LogP contribution in [0.5, 0.6) is 0 Å². The normalized spacial score (nSPS) is 10.1. The first-order chi connectivity index (χ1) is 12.1. The van der Waals surface area contributed by atoms with Gasteiger partial charge in [0.1, 0.15) is 0 Å². The number of amides is 1. The molecule has 2 N–H and O–H groups in total. The predicted molar refractivity (Wildman–Crippen MR) is 110 cm³/mol. The Kier molecular flexibility index (Phi) is 5.58. The first-order valence-corrected chi connectivity index (χ1v) is 8.86. The molecule has 0 radical (unpaired) electrons. The Morgan fingerprint density at radius 1 is 0.840 bits per heavy atom. The van der Waals surface area contributed by atoms with E-state index in [9.17, 15) is 4.79 Å². The molecule has 3 aromatic carbocycles. The molecule has 0 heterocycles. The molecule has 1 amide bonds. The van der Waals surface area contributed by atoms with E-state index in [0.29, 0.717) is 5.56 Å². The van der Waals surface area contributed by atoms with Crippen molar-refractivity contribution in [2.24, 2.45) is 0 Å². The quantitative estimate of drug-likeness (QED) is 0.579. The minimum atomic E-state index is -0.248. The van der Waals surface area contributed by atoms with Crippen molar-refractivity contribution >= 4 is 44.9 Å². The molecule has 0 aromatic heterocycles. The lowest BCUT2D eigenvalue weighted by Gasteiger charge is -2.13. The number of para-hydroxylation sites is 1. The summed E-state index contributed by atoms with van der Waals surface area (Å²) in [6.45, 7) is 0. The molecule has 0 saturated heterocycles. The summed E-state index contributed by atoms with van der Waals surface area (Å²) in [7, 11) is 0. The van der Waals surface area contributed by atoms with Gasteiger partial charge in [-0.25, -0.2) is 0 Å². The third-order valence-electron chi connectivity index (χ3n) is 3.59. The number of carbonyl (C=O) groups excluding carboxylic acids is 1. The van der Waals surface area contributed by atoms with Gasteiger partial charge in [0.15, 0.2) is 5.11 Å². The fraction of sp³-hybridized carbons (Fsp3) is 0. The molecule has 3 aromatic rings. The molecule has 25 heavy (non-hydrogen) atoms. The summed E-state index contributed by atoms with van der Waals surface area (Å²) in [5.41, 5.74) is 3.48. The largest absolute Gasteiger partial charge is 0.332 e. The number of hydrogen-bond acceptors (Lipinski definition) is 2. The number of nitrogens with one attached hydrogen (secondary N) is 2. The standard InChI is InChI=1S/C20H15BrN2OS/c21-16-12-10-15(11-13-16)19(24)23-20(25)22-18-9-5-4-8-17(18)14-6-2-1-3-7-14/h1-13H,(H2,22,23,24,25). The Morgan fingerprint density at radius 2 is 1.48 bits per heavy atom. The maximum Gasteiger partial charge on any atom is 0.257 e. The molecular formula is C20H15BrN2OS. The zero-order valence-corrected chi connectivity index (χ0v) is 15.6. The molecule has 0 unspecified atom stereocenters. The van der Waals surface area contributed by atoms with Crippen molar-refractivity contribution in [2.75, 3.05) is 5.32 Å². The van der Waals surface area contributed by atoms with Crippen molar-refractivity contribution in [3.05, 3.63) is 88.9 Å². The van der Waals surface area contributed by atoms with Crippen LogP contribution in [0.1, 0.15) is 10.4 Å². The van der Waals surface area contributed by atoms with Crippen LogP contribution in [0.3, 0.4) is 0 Å². The highest BCUT2D eigenvalue weighted by molar-refractivity contribution is 9.10. The SMILES string of the molecule is O=C(NC(=S)Nc1ccccc1-c1ccccc1)c1ccc(Br)cc1. The smallest absolute Gasteiger partial charge is 0.257 e. The summed E-state index contributed by atoms with van der Waals surface area (Å²) in [6, 6.07) is 24.9. The van der Waals surface area contributed by atoms with Gasteiger partial charge in [-0.3, -0.25) is 10.1 Å². The Hall–Kier alpha value is -2.50. The van der Waals surface area contributed by atoms with Gasteiger partial charge < -0.3 is 5.32 Å². The van der Waals surface area contributed by atoms with Gasteiger partial charge in [-0.2, -0.15) is 0 Å². The van der Waals surface area contributed by atoms with Gasteiger partial charge in [-0.05, 0) is 48.1 Å². The molecule has 124 valence electrons. The zero-order valence-electron chi connectivity index (χ0n) is 13.2. The van der Waals surface area contributed by atoms with Crippen molar-refractivity contribution in [1.29, 1.82) is 0 Å². The van der Waals surface area contributed by atoms with Crippen LogP contribution in [-0.4, -0.2) is 11.0 Å². The lowest BCUT2D eigenvalue weighted by Crippen LogP contribution is -2.34. The highest BCUT2D eigenvalue weighted by Crippen LogP contribution is 2.27. The van der Waals surface area contributed by atoms with E-state index in [1.165, 1.54) is 0 Å². The second-order valence-corrected chi connectivity index (χ2v) is 6.65. The van der Waals surface area contributed by atoms with Gasteiger partial charge >= 0.3 is 0 Å². The number of rotatable bonds is 3. The van der Waals surface area contributed by atoms with E-state index >= 15 is 0 Å². The van der Waals surface area contributed by atoms with E-state index in [2.05, 4.69) is 26.6 Å². The summed E-state index contributed by atoms with van der Waals surface area (Å²) in [5.74, 6) is -0.248. The summed E-state index contributed by atoms with van der Waals surface area (Å²) in [5, 5.41) is 6.08. The number of anilines is 1. The fourth-order valence-corrected chi connectivity index (χ4v) is 2.86. The van der Waals surface area contributed by atoms with Gasteiger partial charge in [-0.1, -0.05) is 64.5 Å². The first kappa shape index (κ1) is 17.3. The van der Waals surface area contributed by atoms with Crippen molar-refractivity contribution in [3.63, 3.8) is 0 Å². The highest BCUT2D eigenvalue weighted by atomic mass is 79.9. The average Bonchev–Trinajstić information content (AvgIpc) is 2.63. The van der Waals surface area contributed by atoms with Crippen molar-refractivity contribution in [1.82, 2.24) is 5.32 Å². The number of carbonyl (C=O) groups is 1. The molecule has 0 spiro atoms. The van der Waals surface area contributed by atoms with Crippen LogP contribution in [0, 0.1) is 0 Å². The first-order valence-electron chi connectivity index (χ1n) is 7.66. The minimum absolute atomic E-state index is 0.248. The van der Waals surface area contributed by atoms with Gasteiger partial charge in [0.05, 0.1) is 0 Å². The van der Waals surface area contributed by atoms with Gasteiger partial charge in [0, 0.05) is 21.3 Å². The van der Waals surface area contributed by atoms with E-state index in [-0.39, 0.29) is 11.0 Å². The zero-order chi connectivity index (χ0) is 17.6. The molecule has 5 heteroatoms. The van der Waals surface area contributed by atoms with E-state index < -0.39 is 0 Å². The van der Waals surface area contributed by atoms with E-state index in [0.717, 1.165) is 21.3 Å². The van der Waals surface area contributed by atoms with Crippen LogP contribution >= 0.6 is 28.1 Å². The summed E-state index contributed by atoms with van der Waals surface area (Å²) in [6.07, 6.45) is 0. The lowest BCUT2D eigenvalue weighted by atomic mass is 10.0. The predicted octanol–water partition coefficient (Wildman–Crippen LogP) is 5.24.